The molecule has 1 aliphatic rings. The maximum atomic E-state index is 5.95. The van der Waals surface area contributed by atoms with Crippen molar-refractivity contribution >= 4 is 23.4 Å². The van der Waals surface area contributed by atoms with Gasteiger partial charge in [0.25, 0.3) is 0 Å². The summed E-state index contributed by atoms with van der Waals surface area (Å²) in [4.78, 5) is 4.79. The van der Waals surface area contributed by atoms with Crippen molar-refractivity contribution in [2.75, 3.05) is 6.26 Å². The molecule has 2 nitrogen and oxygen atoms in total. The number of halogens is 1. The van der Waals surface area contributed by atoms with Gasteiger partial charge in [-0.1, -0.05) is 35.5 Å². The molecule has 18 heavy (non-hydrogen) atoms. The molecule has 0 amide bonds. The first kappa shape index (κ1) is 12.1. The lowest BCUT2D eigenvalue weighted by Crippen LogP contribution is -2.10. The Hall–Kier alpha value is -0.930. The summed E-state index contributed by atoms with van der Waals surface area (Å²) in [6.07, 6.45) is 5.75. The van der Waals surface area contributed by atoms with E-state index in [9.17, 15) is 0 Å². The first-order chi connectivity index (χ1) is 8.79. The molecular weight excluding hydrogens is 264 g/mol. The molecule has 0 spiro atoms. The summed E-state index contributed by atoms with van der Waals surface area (Å²) in [6, 6.07) is 7.99. The van der Waals surface area contributed by atoms with E-state index in [1.54, 1.807) is 11.8 Å². The average molecular weight is 279 g/mol. The van der Waals surface area contributed by atoms with Gasteiger partial charge in [-0.3, -0.25) is 0 Å². The Labute approximate surface area is 116 Å². The molecule has 0 aliphatic carbocycles. The van der Waals surface area contributed by atoms with Gasteiger partial charge in [0.1, 0.15) is 0 Å². The van der Waals surface area contributed by atoms with E-state index in [0.717, 1.165) is 28.8 Å². The minimum atomic E-state index is 0.775. The predicted octanol–water partition coefficient (Wildman–Crippen LogP) is 4.26. The van der Waals surface area contributed by atoms with Crippen molar-refractivity contribution in [1.29, 1.82) is 0 Å². The van der Waals surface area contributed by atoms with Gasteiger partial charge >= 0.3 is 0 Å². The largest absolute Gasteiger partial charge is 0.323 e. The highest BCUT2D eigenvalue weighted by atomic mass is 35.5. The van der Waals surface area contributed by atoms with Gasteiger partial charge in [-0.05, 0) is 37.7 Å². The summed E-state index contributed by atoms with van der Waals surface area (Å²) in [7, 11) is 0. The molecule has 0 fully saturated rings. The Morgan fingerprint density at radius 2 is 2.00 bits per heavy atom. The lowest BCUT2D eigenvalue weighted by atomic mass is 10.0. The smallest absolute Gasteiger partial charge is 0.168 e. The number of rotatable bonds is 2. The quantitative estimate of drug-likeness (QED) is 0.764. The van der Waals surface area contributed by atoms with E-state index >= 15 is 0 Å². The number of aromatic nitrogens is 2. The molecule has 94 valence electrons. The van der Waals surface area contributed by atoms with Crippen LogP contribution in [0.4, 0.5) is 0 Å². The van der Waals surface area contributed by atoms with Gasteiger partial charge in [0.2, 0.25) is 0 Å². The summed E-state index contributed by atoms with van der Waals surface area (Å²) < 4.78 is 2.37. The summed E-state index contributed by atoms with van der Waals surface area (Å²) in [5.74, 6) is 0. The number of thioether (sulfide) groups is 1. The fraction of sp³-hybridized carbons (Fsp3) is 0.357. The van der Waals surface area contributed by atoms with Gasteiger partial charge in [0, 0.05) is 22.8 Å². The van der Waals surface area contributed by atoms with Crippen LogP contribution in [0.3, 0.4) is 0 Å². The van der Waals surface area contributed by atoms with E-state index in [2.05, 4.69) is 23.0 Å². The predicted molar refractivity (Wildman–Crippen MR) is 77.4 cm³/mol. The Morgan fingerprint density at radius 1 is 1.22 bits per heavy atom. The molecule has 2 heterocycles. The van der Waals surface area contributed by atoms with Crippen molar-refractivity contribution in [2.45, 2.75) is 31.0 Å². The van der Waals surface area contributed by atoms with Crippen molar-refractivity contribution in [2.24, 2.45) is 0 Å². The van der Waals surface area contributed by atoms with Crippen molar-refractivity contribution in [3.8, 4) is 11.3 Å². The molecular formula is C14H15ClN2S. The molecule has 1 aliphatic heterocycles. The molecule has 3 rings (SSSR count). The van der Waals surface area contributed by atoms with Gasteiger partial charge in [0.05, 0.1) is 5.69 Å². The van der Waals surface area contributed by atoms with Crippen LogP contribution in [0.15, 0.2) is 29.4 Å². The van der Waals surface area contributed by atoms with Gasteiger partial charge in [-0.2, -0.15) is 0 Å². The topological polar surface area (TPSA) is 17.8 Å². The van der Waals surface area contributed by atoms with E-state index in [4.69, 9.17) is 16.6 Å². The summed E-state index contributed by atoms with van der Waals surface area (Å²) in [5.41, 5.74) is 3.69. The highest BCUT2D eigenvalue weighted by Gasteiger charge is 2.20. The molecule has 0 saturated heterocycles. The van der Waals surface area contributed by atoms with Crippen molar-refractivity contribution in [3.05, 3.63) is 35.0 Å². The van der Waals surface area contributed by atoms with Crippen molar-refractivity contribution in [1.82, 2.24) is 9.55 Å². The molecule has 1 aromatic heterocycles. The first-order valence-corrected chi connectivity index (χ1v) is 7.79. The lowest BCUT2D eigenvalue weighted by Gasteiger charge is -2.16. The van der Waals surface area contributed by atoms with Gasteiger partial charge in [-0.25, -0.2) is 4.98 Å². The lowest BCUT2D eigenvalue weighted by molar-refractivity contribution is 0.501. The standard InChI is InChI=1S/C14H15ClN2S/c1-18-14-16-13(10-5-7-11(15)8-6-10)12-4-2-3-9-17(12)14/h5-8H,2-4,9H2,1H3. The van der Waals surface area contributed by atoms with E-state index in [1.165, 1.54) is 24.1 Å². The molecule has 0 radical (unpaired) electrons. The van der Waals surface area contributed by atoms with Gasteiger partial charge in [0.15, 0.2) is 5.16 Å². The number of nitrogens with zero attached hydrogens (tertiary/aromatic N) is 2. The van der Waals surface area contributed by atoms with Crippen molar-refractivity contribution < 1.29 is 0 Å². The maximum absolute atomic E-state index is 5.95. The van der Waals surface area contributed by atoms with E-state index in [0.29, 0.717) is 0 Å². The zero-order valence-corrected chi connectivity index (χ0v) is 11.9. The molecule has 1 aromatic carbocycles. The molecule has 0 atom stereocenters. The summed E-state index contributed by atoms with van der Waals surface area (Å²) >= 11 is 7.67. The Morgan fingerprint density at radius 3 is 2.72 bits per heavy atom. The zero-order chi connectivity index (χ0) is 12.5. The number of benzene rings is 1. The van der Waals surface area contributed by atoms with E-state index in [-0.39, 0.29) is 0 Å². The SMILES string of the molecule is CSc1nc(-c2ccc(Cl)cc2)c2n1CCCC2. The van der Waals surface area contributed by atoms with Crippen LogP contribution >= 0.6 is 23.4 Å². The minimum Gasteiger partial charge on any atom is -0.323 e. The van der Waals surface area contributed by atoms with Crippen LogP contribution < -0.4 is 0 Å². The van der Waals surface area contributed by atoms with Crippen LogP contribution in [0, 0.1) is 0 Å². The second-order valence-corrected chi connectivity index (χ2v) is 5.72. The normalized spacial score (nSPS) is 14.6. The molecule has 4 heteroatoms. The summed E-state index contributed by atoms with van der Waals surface area (Å²) in [5, 5.41) is 1.91. The first-order valence-electron chi connectivity index (χ1n) is 6.19. The van der Waals surface area contributed by atoms with Gasteiger partial charge in [-0.15, -0.1) is 0 Å². The fourth-order valence-electron chi connectivity index (χ4n) is 2.50. The second kappa shape index (κ2) is 4.98. The van der Waals surface area contributed by atoms with Gasteiger partial charge < -0.3 is 4.57 Å². The highest BCUT2D eigenvalue weighted by molar-refractivity contribution is 7.98. The number of hydrogen-bond donors (Lipinski definition) is 0. The Kier molecular flexibility index (Phi) is 3.35. The third-order valence-electron chi connectivity index (χ3n) is 3.38. The van der Waals surface area contributed by atoms with E-state index < -0.39 is 0 Å². The Balaban J connectivity index is 2.11. The molecule has 0 bridgehead atoms. The van der Waals surface area contributed by atoms with Crippen molar-refractivity contribution in [3.63, 3.8) is 0 Å². The molecule has 0 N–H and O–H groups in total. The molecule has 0 unspecified atom stereocenters. The molecule has 2 aromatic rings. The van der Waals surface area contributed by atoms with Crippen LogP contribution in [-0.2, 0) is 13.0 Å². The second-order valence-electron chi connectivity index (χ2n) is 4.51. The summed E-state index contributed by atoms with van der Waals surface area (Å²) in [6.45, 7) is 1.10. The highest BCUT2D eigenvalue weighted by Crippen LogP contribution is 2.32. The zero-order valence-electron chi connectivity index (χ0n) is 10.3. The number of imidazole rings is 1. The average Bonchev–Trinajstić information content (AvgIpc) is 2.79. The maximum Gasteiger partial charge on any atom is 0.168 e. The van der Waals surface area contributed by atoms with Crippen LogP contribution in [-0.4, -0.2) is 15.8 Å². The third-order valence-corrected chi connectivity index (χ3v) is 4.31. The van der Waals surface area contributed by atoms with Crippen LogP contribution in [0.5, 0.6) is 0 Å². The molecule has 0 saturated carbocycles. The number of hydrogen-bond acceptors (Lipinski definition) is 2. The third kappa shape index (κ3) is 2.06. The monoisotopic (exact) mass is 278 g/mol. The Bertz CT molecular complexity index is 560. The van der Waals surface area contributed by atoms with Crippen LogP contribution in [0.2, 0.25) is 5.02 Å². The van der Waals surface area contributed by atoms with E-state index in [1.807, 2.05) is 12.1 Å². The van der Waals surface area contributed by atoms with Crippen LogP contribution in [0.25, 0.3) is 11.3 Å². The number of fused-ring (bicyclic) bond motifs is 1. The van der Waals surface area contributed by atoms with Crippen LogP contribution in [0.1, 0.15) is 18.5 Å². The minimum absolute atomic E-state index is 0.775. The fourth-order valence-corrected chi connectivity index (χ4v) is 3.24.